The third-order valence-electron chi connectivity index (χ3n) is 4.83. The van der Waals surface area contributed by atoms with E-state index >= 15 is 0 Å². The van der Waals surface area contributed by atoms with Gasteiger partial charge in [-0.05, 0) is 25.0 Å². The van der Waals surface area contributed by atoms with E-state index in [-0.39, 0.29) is 17.6 Å². The van der Waals surface area contributed by atoms with Crippen molar-refractivity contribution in [3.63, 3.8) is 0 Å². The molecule has 0 aliphatic carbocycles. The fourth-order valence-corrected chi connectivity index (χ4v) is 3.48. The second-order valence-corrected chi connectivity index (χ2v) is 6.42. The summed E-state index contributed by atoms with van der Waals surface area (Å²) in [6.45, 7) is 1.27. The number of aryl methyl sites for hydroxylation is 1. The number of carbonyl (C=O) groups excluding carboxylic acids is 1. The van der Waals surface area contributed by atoms with Crippen LogP contribution in [0, 0.1) is 0 Å². The Morgan fingerprint density at radius 1 is 1.28 bits per heavy atom. The molecule has 0 saturated carbocycles. The van der Waals surface area contributed by atoms with Gasteiger partial charge in [0.05, 0.1) is 11.2 Å². The highest BCUT2D eigenvalue weighted by Gasteiger charge is 2.26. The SMILES string of the molecule is Cn1ccc2cccc(NC(=O)N3CCC(c4n[nH]c(=O)[nH]4)CC3)c21. The Morgan fingerprint density at radius 3 is 2.80 bits per heavy atom. The molecule has 3 aromatic rings. The normalized spacial score (nSPS) is 15.6. The van der Waals surface area contributed by atoms with Crippen molar-refractivity contribution in [1.29, 1.82) is 0 Å². The number of amides is 2. The molecule has 1 aromatic carbocycles. The Bertz CT molecular complexity index is 961. The van der Waals surface area contributed by atoms with Gasteiger partial charge in [0.25, 0.3) is 0 Å². The highest BCUT2D eigenvalue weighted by atomic mass is 16.2. The van der Waals surface area contributed by atoms with E-state index in [0.717, 1.165) is 29.4 Å². The molecule has 3 heterocycles. The predicted octanol–water partition coefficient (Wildman–Crippen LogP) is 2.00. The summed E-state index contributed by atoms with van der Waals surface area (Å²) >= 11 is 0. The van der Waals surface area contributed by atoms with Gasteiger partial charge < -0.3 is 14.8 Å². The highest BCUT2D eigenvalue weighted by molar-refractivity contribution is 6.00. The van der Waals surface area contributed by atoms with Gasteiger partial charge in [0.15, 0.2) is 0 Å². The molecule has 0 bridgehead atoms. The standard InChI is InChI=1S/C17H20N6O2/c1-22-8-5-11-3-2-4-13(14(11)22)18-17(25)23-9-6-12(7-10-23)15-19-16(24)21-20-15/h2-5,8,12H,6-7,9-10H2,1H3,(H,18,25)(H2,19,20,21,24). The molecule has 1 aliphatic heterocycles. The van der Waals surface area contributed by atoms with Crippen LogP contribution in [0.5, 0.6) is 0 Å². The molecule has 130 valence electrons. The number of hydrogen-bond acceptors (Lipinski definition) is 3. The Hall–Kier alpha value is -3.03. The second-order valence-electron chi connectivity index (χ2n) is 6.42. The number of nitrogens with zero attached hydrogens (tertiary/aromatic N) is 3. The molecule has 8 heteroatoms. The summed E-state index contributed by atoms with van der Waals surface area (Å²) in [5, 5.41) is 10.5. The van der Waals surface area contributed by atoms with Gasteiger partial charge in [0, 0.05) is 37.6 Å². The Labute approximate surface area is 143 Å². The molecule has 1 saturated heterocycles. The van der Waals surface area contributed by atoms with Crippen molar-refractivity contribution >= 4 is 22.6 Å². The van der Waals surface area contributed by atoms with Crippen molar-refractivity contribution in [2.24, 2.45) is 7.05 Å². The fraction of sp³-hybridized carbons (Fsp3) is 0.353. The van der Waals surface area contributed by atoms with Crippen LogP contribution in [-0.2, 0) is 7.05 Å². The number of urea groups is 1. The first kappa shape index (κ1) is 15.5. The molecule has 0 unspecified atom stereocenters. The lowest BCUT2D eigenvalue weighted by molar-refractivity contribution is 0.193. The van der Waals surface area contributed by atoms with Gasteiger partial charge in [0.1, 0.15) is 5.82 Å². The number of fused-ring (bicyclic) bond motifs is 1. The number of para-hydroxylation sites is 1. The average Bonchev–Trinajstić information content (AvgIpc) is 3.22. The number of likely N-dealkylation sites (tertiary alicyclic amines) is 1. The second kappa shape index (κ2) is 6.12. The number of hydrogen-bond donors (Lipinski definition) is 3. The molecule has 2 aromatic heterocycles. The first-order valence-corrected chi connectivity index (χ1v) is 8.36. The van der Waals surface area contributed by atoms with E-state index in [1.807, 2.05) is 47.0 Å². The van der Waals surface area contributed by atoms with Crippen LogP contribution < -0.4 is 11.0 Å². The number of carbonyl (C=O) groups is 1. The number of anilines is 1. The first-order valence-electron chi connectivity index (χ1n) is 8.36. The molecule has 1 aliphatic rings. The minimum Gasteiger partial charge on any atom is -0.349 e. The van der Waals surface area contributed by atoms with Gasteiger partial charge in [-0.3, -0.25) is 4.98 Å². The molecule has 2 amide bonds. The van der Waals surface area contributed by atoms with Crippen LogP contribution in [0.15, 0.2) is 35.3 Å². The minimum absolute atomic E-state index is 0.0947. The van der Waals surface area contributed by atoms with Gasteiger partial charge in [-0.1, -0.05) is 12.1 Å². The van der Waals surface area contributed by atoms with E-state index in [1.54, 1.807) is 0 Å². The molecule has 0 spiro atoms. The summed E-state index contributed by atoms with van der Waals surface area (Å²) in [6.07, 6.45) is 3.54. The Balaban J connectivity index is 1.44. The summed E-state index contributed by atoms with van der Waals surface area (Å²) in [6, 6.07) is 7.82. The largest absolute Gasteiger partial charge is 0.349 e. The topological polar surface area (TPSA) is 98.8 Å². The van der Waals surface area contributed by atoms with Crippen molar-refractivity contribution < 1.29 is 4.79 Å². The van der Waals surface area contributed by atoms with E-state index < -0.39 is 0 Å². The number of nitrogens with one attached hydrogen (secondary N) is 3. The van der Waals surface area contributed by atoms with Gasteiger partial charge in [-0.15, -0.1) is 0 Å². The maximum atomic E-state index is 12.6. The number of aromatic amines is 2. The van der Waals surface area contributed by atoms with Gasteiger partial charge >= 0.3 is 11.7 Å². The van der Waals surface area contributed by atoms with Crippen molar-refractivity contribution in [3.05, 3.63) is 46.8 Å². The zero-order valence-electron chi connectivity index (χ0n) is 14.0. The summed E-state index contributed by atoms with van der Waals surface area (Å²) in [4.78, 5) is 28.3. The van der Waals surface area contributed by atoms with Crippen LogP contribution in [-0.4, -0.2) is 43.8 Å². The van der Waals surface area contributed by atoms with Crippen LogP contribution in [0.4, 0.5) is 10.5 Å². The number of aromatic nitrogens is 4. The molecule has 3 N–H and O–H groups in total. The lowest BCUT2D eigenvalue weighted by Gasteiger charge is -2.31. The van der Waals surface area contributed by atoms with Crippen LogP contribution in [0.2, 0.25) is 0 Å². The van der Waals surface area contributed by atoms with Crippen LogP contribution in [0.25, 0.3) is 10.9 Å². The molecule has 4 rings (SSSR count). The zero-order valence-corrected chi connectivity index (χ0v) is 14.0. The van der Waals surface area contributed by atoms with Crippen LogP contribution in [0.3, 0.4) is 0 Å². The fourth-order valence-electron chi connectivity index (χ4n) is 3.48. The van der Waals surface area contributed by atoms with E-state index in [0.29, 0.717) is 18.9 Å². The van der Waals surface area contributed by atoms with Crippen molar-refractivity contribution in [2.75, 3.05) is 18.4 Å². The molecular formula is C17H20N6O2. The third kappa shape index (κ3) is 2.90. The lowest BCUT2D eigenvalue weighted by atomic mass is 9.96. The highest BCUT2D eigenvalue weighted by Crippen LogP contribution is 2.27. The van der Waals surface area contributed by atoms with E-state index in [9.17, 15) is 9.59 Å². The first-order chi connectivity index (χ1) is 12.1. The molecule has 8 nitrogen and oxygen atoms in total. The van der Waals surface area contributed by atoms with Gasteiger partial charge in [0.2, 0.25) is 0 Å². The van der Waals surface area contributed by atoms with E-state index in [4.69, 9.17) is 0 Å². The van der Waals surface area contributed by atoms with Gasteiger partial charge in [-0.2, -0.15) is 5.10 Å². The predicted molar refractivity (Wildman–Crippen MR) is 94.7 cm³/mol. The number of rotatable bonds is 2. The summed E-state index contributed by atoms with van der Waals surface area (Å²) in [7, 11) is 1.97. The van der Waals surface area contributed by atoms with E-state index in [2.05, 4.69) is 20.5 Å². The monoisotopic (exact) mass is 340 g/mol. The van der Waals surface area contributed by atoms with Gasteiger partial charge in [-0.25, -0.2) is 14.7 Å². The summed E-state index contributed by atoms with van der Waals surface area (Å²) < 4.78 is 2.01. The third-order valence-corrected chi connectivity index (χ3v) is 4.83. The summed E-state index contributed by atoms with van der Waals surface area (Å²) in [5.41, 5.74) is 1.54. The van der Waals surface area contributed by atoms with Crippen LogP contribution >= 0.6 is 0 Å². The molecule has 0 atom stereocenters. The Kier molecular flexibility index (Phi) is 3.79. The van der Waals surface area contributed by atoms with E-state index in [1.165, 1.54) is 0 Å². The Morgan fingerprint density at radius 2 is 2.08 bits per heavy atom. The van der Waals surface area contributed by atoms with Crippen LogP contribution in [0.1, 0.15) is 24.6 Å². The minimum atomic E-state index is -0.286. The molecule has 1 fully saturated rings. The quantitative estimate of drug-likeness (QED) is 0.665. The zero-order chi connectivity index (χ0) is 17.4. The average molecular weight is 340 g/mol. The number of piperidine rings is 1. The van der Waals surface area contributed by atoms with Crippen molar-refractivity contribution in [3.8, 4) is 0 Å². The van der Waals surface area contributed by atoms with Crippen molar-refractivity contribution in [1.82, 2.24) is 24.6 Å². The smallest absolute Gasteiger partial charge is 0.340 e. The molecular weight excluding hydrogens is 320 g/mol. The van der Waals surface area contributed by atoms with Crippen molar-refractivity contribution in [2.45, 2.75) is 18.8 Å². The number of benzene rings is 1. The maximum Gasteiger partial charge on any atom is 0.340 e. The molecule has 0 radical (unpaired) electrons. The lowest BCUT2D eigenvalue weighted by Crippen LogP contribution is -2.40. The number of H-pyrrole nitrogens is 2. The molecule has 25 heavy (non-hydrogen) atoms. The summed E-state index contributed by atoms with van der Waals surface area (Å²) in [5.74, 6) is 0.859. The maximum absolute atomic E-state index is 12.6.